The molecule has 2 saturated heterocycles. The summed E-state index contributed by atoms with van der Waals surface area (Å²) in [7, 11) is 0. The first-order valence-electron chi connectivity index (χ1n) is 24.7. The van der Waals surface area contributed by atoms with E-state index >= 15 is 0 Å². The first-order valence-corrected chi connectivity index (χ1v) is 24.7. The number of aliphatic carboxylic acids is 1. The molecular weight excluding hydrogens is 929 g/mol. The number of likely N-dealkylation sites (tertiary alicyclic amines) is 2. The number of para-hydroxylation sites is 2. The summed E-state index contributed by atoms with van der Waals surface area (Å²) in [4.78, 5) is 114. The van der Waals surface area contributed by atoms with Crippen molar-refractivity contribution in [3.8, 4) is 0 Å². The van der Waals surface area contributed by atoms with Gasteiger partial charge in [0.1, 0.15) is 35.8 Å². The summed E-state index contributed by atoms with van der Waals surface area (Å²) in [5, 5.41) is 23.4. The van der Waals surface area contributed by atoms with Gasteiger partial charge in [-0.05, 0) is 110 Å². The molecule has 2 aromatic heterocycles. The second kappa shape index (κ2) is 19.5. The van der Waals surface area contributed by atoms with Gasteiger partial charge < -0.3 is 50.9 Å². The van der Waals surface area contributed by atoms with Crippen LogP contribution >= 0.6 is 0 Å². The van der Waals surface area contributed by atoms with Crippen LogP contribution < -0.4 is 21.3 Å². The lowest BCUT2D eigenvalue weighted by atomic mass is 9.79. The highest BCUT2D eigenvalue weighted by Crippen LogP contribution is 2.48. The van der Waals surface area contributed by atoms with Gasteiger partial charge >= 0.3 is 5.97 Å². The molecule has 4 aliphatic heterocycles. The fourth-order valence-electron chi connectivity index (χ4n) is 11.2. The number of rotatable bonds is 12. The first kappa shape index (κ1) is 49.9. The monoisotopic (exact) mass is 988 g/mol. The number of nitrogens with one attached hydrogen (secondary N) is 6. The molecule has 17 heteroatoms. The fraction of sp³-hybridized carbons (Fsp3) is 0.357. The number of fused-ring (bicyclic) bond motifs is 6. The van der Waals surface area contributed by atoms with Gasteiger partial charge in [-0.1, -0.05) is 88.4 Å². The molecule has 0 radical (unpaired) electrons. The van der Waals surface area contributed by atoms with E-state index < -0.39 is 52.8 Å². The van der Waals surface area contributed by atoms with Gasteiger partial charge in [0, 0.05) is 46.3 Å². The third-order valence-electron chi connectivity index (χ3n) is 14.9. The van der Waals surface area contributed by atoms with Crippen molar-refractivity contribution in [1.82, 2.24) is 30.4 Å². The summed E-state index contributed by atoms with van der Waals surface area (Å²) in [5.41, 5.74) is 5.14. The Morgan fingerprint density at radius 2 is 1.08 bits per heavy atom. The molecule has 378 valence electrons. The van der Waals surface area contributed by atoms with Crippen molar-refractivity contribution in [2.45, 2.75) is 102 Å². The molecule has 10 rings (SSSR count). The van der Waals surface area contributed by atoms with Crippen LogP contribution in [0.5, 0.6) is 0 Å². The van der Waals surface area contributed by atoms with Crippen molar-refractivity contribution in [3.63, 3.8) is 0 Å². The van der Waals surface area contributed by atoms with E-state index in [-0.39, 0.29) is 61.4 Å². The molecule has 2 spiro atoms. The van der Waals surface area contributed by atoms with E-state index in [1.165, 1.54) is 9.80 Å². The van der Waals surface area contributed by atoms with Crippen LogP contribution in [0.1, 0.15) is 96.6 Å². The number of anilines is 2. The molecule has 0 unspecified atom stereocenters. The minimum atomic E-state index is -1.19. The van der Waals surface area contributed by atoms with Crippen molar-refractivity contribution >= 4 is 80.9 Å². The number of hydrogen-bond donors (Lipinski definition) is 7. The summed E-state index contributed by atoms with van der Waals surface area (Å²) in [6.07, 6.45) is 1.65. The van der Waals surface area contributed by atoms with Gasteiger partial charge in [0.2, 0.25) is 23.6 Å². The number of aromatic amines is 2. The predicted octanol–water partition coefficient (Wildman–Crippen LogP) is 6.51. The Morgan fingerprint density at radius 3 is 1.52 bits per heavy atom. The largest absolute Gasteiger partial charge is 0.480 e. The second-order valence-corrected chi connectivity index (χ2v) is 20.8. The number of hydrogen-bond acceptors (Lipinski definition) is 8. The number of nitrogens with zero attached hydrogens (tertiary/aromatic N) is 2. The van der Waals surface area contributed by atoms with Crippen LogP contribution in [0.25, 0.3) is 21.8 Å². The number of aromatic nitrogens is 2. The maximum Gasteiger partial charge on any atom is 0.326 e. The number of benzene rings is 4. The molecule has 0 saturated carbocycles. The van der Waals surface area contributed by atoms with Crippen molar-refractivity contribution in [1.29, 1.82) is 0 Å². The molecule has 6 amide bonds. The van der Waals surface area contributed by atoms with Crippen LogP contribution in [-0.2, 0) is 39.6 Å². The zero-order chi connectivity index (χ0) is 52.1. The Labute approximate surface area is 421 Å². The van der Waals surface area contributed by atoms with Crippen LogP contribution in [0, 0.1) is 25.7 Å². The molecule has 0 aliphatic carbocycles. The van der Waals surface area contributed by atoms with E-state index in [0.717, 1.165) is 44.8 Å². The average molecular weight is 989 g/mol. The van der Waals surface area contributed by atoms with Gasteiger partial charge in [-0.3, -0.25) is 28.8 Å². The normalized spacial score (nSPS) is 21.5. The van der Waals surface area contributed by atoms with E-state index in [9.17, 15) is 43.5 Å². The Morgan fingerprint density at radius 1 is 0.644 bits per heavy atom. The zero-order valence-electron chi connectivity index (χ0n) is 41.6. The molecule has 7 N–H and O–H groups in total. The standard InChI is InChI=1S/C28H30N4O5.C28H30N4O4/c1-15(2)11-22(30-24(33)21-12-17-16(3)7-6-10-19(17)29-21)25(34)32-14-28(13-23(32)26(35)36)18-8-4-5-9-20(18)31-27(28)37;1-16(2)11-24(30-25(34)23-12-19-17(3)7-6-10-21(19)29-23)26(35)32-15-28(13-18(32)14-33)20-8-4-5-9-22(20)31-27(28)36/h4-10,12,15,22-23,29H,11,13-14H2,1-3H3,(H,30,33)(H,31,37)(H,35,36);4-10,12,14,16,18,24,29H,11,13,15H2,1-3H3,(H,30,34)(H,31,36)/t22-,23-,28-;18-,24-,28-/m00/s1. The lowest BCUT2D eigenvalue weighted by Gasteiger charge is -2.29. The molecule has 6 atom stereocenters. The van der Waals surface area contributed by atoms with Crippen molar-refractivity contribution in [2.24, 2.45) is 11.8 Å². The molecule has 73 heavy (non-hydrogen) atoms. The highest BCUT2D eigenvalue weighted by Gasteiger charge is 2.59. The van der Waals surface area contributed by atoms with E-state index in [1.54, 1.807) is 36.4 Å². The summed E-state index contributed by atoms with van der Waals surface area (Å²) in [6, 6.07) is 25.9. The Balaban J connectivity index is 0.000000180. The molecular formula is C56H60N8O9. The first-order chi connectivity index (χ1) is 34.8. The number of H-pyrrole nitrogens is 2. The van der Waals surface area contributed by atoms with Crippen LogP contribution in [-0.4, -0.2) is 110 Å². The highest BCUT2D eigenvalue weighted by atomic mass is 16.4. The minimum Gasteiger partial charge on any atom is -0.480 e. The number of amides is 6. The van der Waals surface area contributed by atoms with Crippen molar-refractivity contribution in [3.05, 3.63) is 131 Å². The van der Waals surface area contributed by atoms with Gasteiger partial charge in [-0.15, -0.1) is 0 Å². The van der Waals surface area contributed by atoms with E-state index in [0.29, 0.717) is 41.2 Å². The minimum absolute atomic E-state index is 0.0272. The van der Waals surface area contributed by atoms with Crippen LogP contribution in [0.15, 0.2) is 97.1 Å². The SMILES string of the molecule is Cc1cccc2[nH]c(C(=O)N[C@@H](CC(C)C)C(=O)N3C[C@]4(C[C@H]3C(=O)O)C(=O)Nc3ccccc34)cc12.Cc1cccc2[nH]c(C(=O)N[C@@H](CC(C)C)C(=O)N3C[C@]4(C[C@H]3C=O)C(=O)Nc3ccccc34)cc12. The van der Waals surface area contributed by atoms with Gasteiger partial charge in [0.15, 0.2) is 0 Å². The van der Waals surface area contributed by atoms with Gasteiger partial charge in [-0.2, -0.15) is 0 Å². The molecule has 4 aromatic carbocycles. The Kier molecular flexibility index (Phi) is 13.3. The predicted molar refractivity (Wildman–Crippen MR) is 275 cm³/mol. The third kappa shape index (κ3) is 9.12. The molecule has 6 aromatic rings. The van der Waals surface area contributed by atoms with Crippen molar-refractivity contribution < 1.29 is 43.5 Å². The van der Waals surface area contributed by atoms with Crippen molar-refractivity contribution in [2.75, 3.05) is 23.7 Å². The van der Waals surface area contributed by atoms with Gasteiger partial charge in [0.05, 0.1) is 16.9 Å². The van der Waals surface area contributed by atoms with Gasteiger partial charge in [-0.25, -0.2) is 4.79 Å². The summed E-state index contributed by atoms with van der Waals surface area (Å²) < 4.78 is 0. The molecule has 2 fully saturated rings. The molecule has 4 aliphatic rings. The average Bonchev–Trinajstić information content (AvgIpc) is 4.22. The lowest BCUT2D eigenvalue weighted by molar-refractivity contribution is -0.149. The number of carbonyl (C=O) groups excluding carboxylic acids is 7. The quantitative estimate of drug-likeness (QED) is 0.0661. The van der Waals surface area contributed by atoms with Crippen LogP contribution in [0.2, 0.25) is 0 Å². The fourth-order valence-corrected chi connectivity index (χ4v) is 11.2. The van der Waals surface area contributed by atoms with E-state index in [2.05, 4.69) is 31.2 Å². The maximum absolute atomic E-state index is 13.9. The second-order valence-electron chi connectivity index (χ2n) is 20.8. The van der Waals surface area contributed by atoms with Crippen LogP contribution in [0.3, 0.4) is 0 Å². The number of carboxylic acid groups (broad SMARTS) is 1. The van der Waals surface area contributed by atoms with E-state index in [1.807, 2.05) is 102 Å². The number of aryl methyl sites for hydroxylation is 2. The number of carboxylic acids is 1. The molecule has 17 nitrogen and oxygen atoms in total. The smallest absolute Gasteiger partial charge is 0.326 e. The maximum atomic E-state index is 13.9. The summed E-state index contributed by atoms with van der Waals surface area (Å²) >= 11 is 0. The van der Waals surface area contributed by atoms with E-state index in [4.69, 9.17) is 0 Å². The third-order valence-corrected chi connectivity index (χ3v) is 14.9. The highest BCUT2D eigenvalue weighted by molar-refractivity contribution is 6.10. The lowest BCUT2D eigenvalue weighted by Crippen LogP contribution is -2.52. The zero-order valence-corrected chi connectivity index (χ0v) is 41.6. The number of carbonyl (C=O) groups is 8. The summed E-state index contributed by atoms with van der Waals surface area (Å²) in [5.74, 6) is -3.21. The van der Waals surface area contributed by atoms with Gasteiger partial charge in [0.25, 0.3) is 11.8 Å². The molecule has 6 heterocycles. The topological polar surface area (TPSA) is 243 Å². The van der Waals surface area contributed by atoms with Crippen LogP contribution in [0.4, 0.5) is 11.4 Å². The summed E-state index contributed by atoms with van der Waals surface area (Å²) in [6.45, 7) is 11.8. The Bertz CT molecular complexity index is 3230. The number of aldehydes is 1. The molecule has 0 bridgehead atoms. The Hall–Kier alpha value is -8.08.